The van der Waals surface area contributed by atoms with Gasteiger partial charge >= 0.3 is 0 Å². The number of benzene rings is 1. The second-order valence-electron chi connectivity index (χ2n) is 4.55. The molecule has 0 spiro atoms. The maximum Gasteiger partial charge on any atom is 0.270 e. The van der Waals surface area contributed by atoms with Crippen LogP contribution in [0.2, 0.25) is 5.15 Å². The highest BCUT2D eigenvalue weighted by molar-refractivity contribution is 7.11. The van der Waals surface area contributed by atoms with Gasteiger partial charge in [0.2, 0.25) is 0 Å². The molecule has 0 saturated heterocycles. The molecule has 0 bridgehead atoms. The SMILES string of the molecule is Cc1ncc(CNC(=O)c2cc3ccccc3c(Cl)n2)s1. The molecule has 0 atom stereocenters. The monoisotopic (exact) mass is 317 g/mol. The molecule has 2 heterocycles. The Morgan fingerprint density at radius 2 is 2.19 bits per heavy atom. The third kappa shape index (κ3) is 3.04. The molecule has 0 fully saturated rings. The van der Waals surface area contributed by atoms with E-state index in [9.17, 15) is 4.79 Å². The van der Waals surface area contributed by atoms with Crippen LogP contribution in [-0.4, -0.2) is 15.9 Å². The standard InChI is InChI=1S/C15H12ClN3OS/c1-9-17-7-11(21-9)8-18-15(20)13-6-10-4-2-3-5-12(10)14(16)19-13/h2-7H,8H2,1H3,(H,18,20). The lowest BCUT2D eigenvalue weighted by Gasteiger charge is -2.06. The number of halogens is 1. The zero-order valence-corrected chi connectivity index (χ0v) is 12.8. The van der Waals surface area contributed by atoms with Crippen molar-refractivity contribution in [3.8, 4) is 0 Å². The number of amides is 1. The first kappa shape index (κ1) is 14.0. The van der Waals surface area contributed by atoms with E-state index in [2.05, 4.69) is 15.3 Å². The van der Waals surface area contributed by atoms with Gasteiger partial charge in [0, 0.05) is 16.5 Å². The van der Waals surface area contributed by atoms with Crippen molar-refractivity contribution in [2.75, 3.05) is 0 Å². The van der Waals surface area contributed by atoms with Crippen LogP contribution < -0.4 is 5.32 Å². The molecule has 0 radical (unpaired) electrons. The first-order chi connectivity index (χ1) is 10.1. The van der Waals surface area contributed by atoms with Crippen LogP contribution in [0.4, 0.5) is 0 Å². The van der Waals surface area contributed by atoms with E-state index < -0.39 is 0 Å². The molecule has 2 aromatic heterocycles. The van der Waals surface area contributed by atoms with Crippen LogP contribution in [0, 0.1) is 6.92 Å². The van der Waals surface area contributed by atoms with Crippen molar-refractivity contribution in [3.05, 3.63) is 57.3 Å². The van der Waals surface area contributed by atoms with Crippen LogP contribution in [0.5, 0.6) is 0 Å². The Labute approximate surface area is 130 Å². The van der Waals surface area contributed by atoms with Gasteiger partial charge in [0.15, 0.2) is 0 Å². The number of carbonyl (C=O) groups excluding carboxylic acids is 1. The van der Waals surface area contributed by atoms with E-state index in [4.69, 9.17) is 11.6 Å². The maximum atomic E-state index is 12.2. The number of nitrogens with one attached hydrogen (secondary N) is 1. The molecule has 0 aliphatic carbocycles. The van der Waals surface area contributed by atoms with Crippen LogP contribution in [0.15, 0.2) is 36.5 Å². The number of thiazole rings is 1. The van der Waals surface area contributed by atoms with Crippen molar-refractivity contribution in [3.63, 3.8) is 0 Å². The zero-order valence-electron chi connectivity index (χ0n) is 11.3. The number of pyridine rings is 1. The Morgan fingerprint density at radius 3 is 2.95 bits per heavy atom. The van der Waals surface area contributed by atoms with E-state index in [1.54, 1.807) is 23.6 Å². The van der Waals surface area contributed by atoms with Crippen molar-refractivity contribution in [2.45, 2.75) is 13.5 Å². The van der Waals surface area contributed by atoms with E-state index in [1.807, 2.05) is 31.2 Å². The number of nitrogens with zero attached hydrogens (tertiary/aromatic N) is 2. The summed E-state index contributed by atoms with van der Waals surface area (Å²) in [6.07, 6.45) is 1.76. The Kier molecular flexibility index (Phi) is 3.86. The summed E-state index contributed by atoms with van der Waals surface area (Å²) in [5.41, 5.74) is 0.319. The van der Waals surface area contributed by atoms with Crippen molar-refractivity contribution in [2.24, 2.45) is 0 Å². The average Bonchev–Trinajstić information content (AvgIpc) is 2.90. The number of rotatable bonds is 3. The average molecular weight is 318 g/mol. The van der Waals surface area contributed by atoms with Gasteiger partial charge in [0.05, 0.1) is 11.6 Å². The summed E-state index contributed by atoms with van der Waals surface area (Å²) >= 11 is 7.69. The van der Waals surface area contributed by atoms with Crippen molar-refractivity contribution in [1.82, 2.24) is 15.3 Å². The lowest BCUT2D eigenvalue weighted by atomic mass is 10.1. The van der Waals surface area contributed by atoms with Gasteiger partial charge in [-0.1, -0.05) is 35.9 Å². The molecular weight excluding hydrogens is 306 g/mol. The summed E-state index contributed by atoms with van der Waals surface area (Å²) < 4.78 is 0. The molecule has 4 nitrogen and oxygen atoms in total. The Balaban J connectivity index is 1.81. The van der Waals surface area contributed by atoms with Crippen LogP contribution in [0.3, 0.4) is 0 Å². The second-order valence-corrected chi connectivity index (χ2v) is 6.23. The zero-order chi connectivity index (χ0) is 14.8. The molecule has 0 aliphatic heterocycles. The van der Waals surface area contributed by atoms with E-state index in [0.717, 1.165) is 20.7 Å². The molecule has 106 valence electrons. The number of carbonyl (C=O) groups is 1. The fraction of sp³-hybridized carbons (Fsp3) is 0.133. The molecule has 21 heavy (non-hydrogen) atoms. The number of hydrogen-bond acceptors (Lipinski definition) is 4. The molecule has 0 saturated carbocycles. The van der Waals surface area contributed by atoms with Gasteiger partial charge in [-0.25, -0.2) is 9.97 Å². The van der Waals surface area contributed by atoms with Crippen LogP contribution in [0.1, 0.15) is 20.4 Å². The van der Waals surface area contributed by atoms with Crippen LogP contribution >= 0.6 is 22.9 Å². The minimum atomic E-state index is -0.242. The van der Waals surface area contributed by atoms with E-state index >= 15 is 0 Å². The van der Waals surface area contributed by atoms with Crippen LogP contribution in [-0.2, 0) is 6.54 Å². The number of aryl methyl sites for hydroxylation is 1. The summed E-state index contributed by atoms with van der Waals surface area (Å²) in [6, 6.07) is 9.33. The van der Waals surface area contributed by atoms with Gasteiger partial charge in [0.1, 0.15) is 10.8 Å². The molecule has 0 aliphatic rings. The third-order valence-corrected chi connectivity index (χ3v) is 4.22. The van der Waals surface area contributed by atoms with Crippen LogP contribution in [0.25, 0.3) is 10.8 Å². The van der Waals surface area contributed by atoms with Gasteiger partial charge in [-0.05, 0) is 18.4 Å². The number of fused-ring (bicyclic) bond motifs is 1. The molecule has 1 N–H and O–H groups in total. The smallest absolute Gasteiger partial charge is 0.270 e. The van der Waals surface area contributed by atoms with Gasteiger partial charge < -0.3 is 5.32 Å². The maximum absolute atomic E-state index is 12.2. The first-order valence-electron chi connectivity index (χ1n) is 6.38. The minimum Gasteiger partial charge on any atom is -0.346 e. The summed E-state index contributed by atoms with van der Waals surface area (Å²) in [5, 5.41) is 5.89. The first-order valence-corrected chi connectivity index (χ1v) is 7.58. The minimum absolute atomic E-state index is 0.242. The highest BCUT2D eigenvalue weighted by atomic mass is 35.5. The Morgan fingerprint density at radius 1 is 1.38 bits per heavy atom. The molecule has 1 amide bonds. The van der Waals surface area contributed by atoms with Gasteiger partial charge in [-0.3, -0.25) is 4.79 Å². The molecule has 3 rings (SSSR count). The second kappa shape index (κ2) is 5.79. The molecule has 1 aromatic carbocycles. The van der Waals surface area contributed by atoms with Gasteiger partial charge in [-0.2, -0.15) is 0 Å². The predicted octanol–water partition coefficient (Wildman–Crippen LogP) is 3.58. The topological polar surface area (TPSA) is 54.9 Å². The lowest BCUT2D eigenvalue weighted by Crippen LogP contribution is -2.23. The number of aromatic nitrogens is 2. The fourth-order valence-electron chi connectivity index (χ4n) is 2.02. The highest BCUT2D eigenvalue weighted by Crippen LogP contribution is 2.22. The van der Waals surface area contributed by atoms with Gasteiger partial charge in [-0.15, -0.1) is 11.3 Å². The molecular formula is C15H12ClN3OS. The summed E-state index contributed by atoms with van der Waals surface area (Å²) in [5.74, 6) is -0.242. The van der Waals surface area contributed by atoms with Crippen molar-refractivity contribution >= 4 is 39.6 Å². The summed E-state index contributed by atoms with van der Waals surface area (Å²) in [7, 11) is 0. The van der Waals surface area contributed by atoms with Crippen molar-refractivity contribution in [1.29, 1.82) is 0 Å². The van der Waals surface area contributed by atoms with E-state index in [1.165, 1.54) is 0 Å². The number of hydrogen-bond donors (Lipinski definition) is 1. The largest absolute Gasteiger partial charge is 0.346 e. The fourth-order valence-corrected chi connectivity index (χ4v) is 3.02. The molecule has 0 unspecified atom stereocenters. The molecule has 6 heteroatoms. The van der Waals surface area contributed by atoms with E-state index in [0.29, 0.717) is 17.4 Å². The third-order valence-electron chi connectivity index (χ3n) is 3.02. The van der Waals surface area contributed by atoms with E-state index in [-0.39, 0.29) is 5.91 Å². The van der Waals surface area contributed by atoms with Gasteiger partial charge in [0.25, 0.3) is 5.91 Å². The Bertz CT molecular complexity index is 816. The highest BCUT2D eigenvalue weighted by Gasteiger charge is 2.11. The normalized spacial score (nSPS) is 10.8. The lowest BCUT2D eigenvalue weighted by molar-refractivity contribution is 0.0946. The quantitative estimate of drug-likeness (QED) is 0.751. The summed E-state index contributed by atoms with van der Waals surface area (Å²) in [6.45, 7) is 2.37. The van der Waals surface area contributed by atoms with Crippen molar-refractivity contribution < 1.29 is 4.79 Å². The molecule has 3 aromatic rings. The predicted molar refractivity (Wildman–Crippen MR) is 84.8 cm³/mol. The summed E-state index contributed by atoms with van der Waals surface area (Å²) in [4.78, 5) is 21.5. The Hall–Kier alpha value is -1.98.